The third-order valence-electron chi connectivity index (χ3n) is 6.00. The Morgan fingerprint density at radius 2 is 1.45 bits per heavy atom. The van der Waals surface area contributed by atoms with Crippen molar-refractivity contribution in [3.05, 3.63) is 60.2 Å². The second-order valence-electron chi connectivity index (χ2n) is 9.39. The predicted octanol–water partition coefficient (Wildman–Crippen LogP) is 6.77. The number of benzene rings is 2. The van der Waals surface area contributed by atoms with Gasteiger partial charge in [-0.2, -0.15) is 0 Å². The van der Waals surface area contributed by atoms with Crippen LogP contribution in [0.15, 0.2) is 54.0 Å². The molecule has 0 bridgehead atoms. The lowest BCUT2D eigenvalue weighted by Gasteiger charge is -2.06. The lowest BCUT2D eigenvalue weighted by Crippen LogP contribution is -2.14. The number of aliphatic imine (C=N–C) groups is 1. The summed E-state index contributed by atoms with van der Waals surface area (Å²) in [4.78, 5) is 15.3. The standard InChI is InChI=1S/C17H25NO3.C14H21NO2/c1-2-15(19)8-6-4-3-5-7-11-18-13-14-9-10-16(20)17(21)12-14;1-2-3-4-5-6-9-15-11-12-7-8-13(16)14(17)10-12/h2,9-10,12,18,20-21H,1,3-8,11,13H2;7-8,10-11,16-17H,2-6,9H2,1H3. The minimum atomic E-state index is -0.100. The molecule has 0 aliphatic carbocycles. The summed E-state index contributed by atoms with van der Waals surface area (Å²) in [5.41, 5.74) is 1.77. The summed E-state index contributed by atoms with van der Waals surface area (Å²) in [6, 6.07) is 9.57. The molecule has 0 spiro atoms. The number of carbonyl (C=O) groups excluding carboxylic acids is 1. The third-order valence-corrected chi connectivity index (χ3v) is 6.00. The van der Waals surface area contributed by atoms with Crippen LogP contribution in [-0.4, -0.2) is 45.5 Å². The largest absolute Gasteiger partial charge is 0.504 e. The molecule has 0 atom stereocenters. The van der Waals surface area contributed by atoms with Crippen molar-refractivity contribution in [1.82, 2.24) is 5.32 Å². The smallest absolute Gasteiger partial charge is 0.158 e. The van der Waals surface area contributed by atoms with Crippen LogP contribution < -0.4 is 5.32 Å². The fourth-order valence-corrected chi connectivity index (χ4v) is 3.69. The molecule has 2 aromatic rings. The van der Waals surface area contributed by atoms with Crippen molar-refractivity contribution in [1.29, 1.82) is 0 Å². The molecule has 0 saturated heterocycles. The summed E-state index contributed by atoms with van der Waals surface area (Å²) in [5, 5.41) is 40.3. The van der Waals surface area contributed by atoms with Crippen LogP contribution in [0, 0.1) is 0 Å². The number of nitrogens with one attached hydrogen (secondary N) is 1. The number of ketones is 1. The summed E-state index contributed by atoms with van der Waals surface area (Å²) >= 11 is 0. The first-order valence-corrected chi connectivity index (χ1v) is 13.8. The van der Waals surface area contributed by atoms with Gasteiger partial charge < -0.3 is 25.7 Å². The highest BCUT2D eigenvalue weighted by Crippen LogP contribution is 2.25. The van der Waals surface area contributed by atoms with E-state index in [1.54, 1.807) is 24.4 Å². The molecule has 0 amide bonds. The number of unbranched alkanes of at least 4 members (excludes halogenated alkanes) is 8. The summed E-state index contributed by atoms with van der Waals surface area (Å²) in [7, 11) is 0. The number of hydrogen-bond donors (Lipinski definition) is 5. The van der Waals surface area contributed by atoms with Gasteiger partial charge in [0, 0.05) is 25.7 Å². The Bertz CT molecular complexity index is 975. The summed E-state index contributed by atoms with van der Waals surface area (Å²) in [6.45, 7) is 8.09. The van der Waals surface area contributed by atoms with Crippen molar-refractivity contribution < 1.29 is 25.2 Å². The number of allylic oxidation sites excluding steroid dienone is 1. The molecule has 2 rings (SSSR count). The molecule has 0 aliphatic heterocycles. The van der Waals surface area contributed by atoms with E-state index in [1.807, 2.05) is 0 Å². The van der Waals surface area contributed by atoms with Crippen molar-refractivity contribution in [3.8, 4) is 23.0 Å². The summed E-state index contributed by atoms with van der Waals surface area (Å²) in [6.07, 6.45) is 15.4. The highest BCUT2D eigenvalue weighted by Gasteiger charge is 2.01. The van der Waals surface area contributed by atoms with Crippen molar-refractivity contribution in [2.75, 3.05) is 13.1 Å². The molecular weight excluding hydrogens is 480 g/mol. The molecule has 7 nitrogen and oxygen atoms in total. The molecular formula is C31H46N2O5. The van der Waals surface area contributed by atoms with E-state index in [-0.39, 0.29) is 28.8 Å². The van der Waals surface area contributed by atoms with Gasteiger partial charge in [0.25, 0.3) is 0 Å². The van der Waals surface area contributed by atoms with E-state index in [0.717, 1.165) is 62.7 Å². The van der Waals surface area contributed by atoms with Gasteiger partial charge in [-0.1, -0.05) is 64.5 Å². The Labute approximate surface area is 228 Å². The molecule has 38 heavy (non-hydrogen) atoms. The number of carbonyl (C=O) groups is 1. The molecule has 0 heterocycles. The Morgan fingerprint density at radius 3 is 2.13 bits per heavy atom. The first-order chi connectivity index (χ1) is 18.4. The van der Waals surface area contributed by atoms with E-state index < -0.39 is 0 Å². The fraction of sp³-hybridized carbons (Fsp3) is 0.484. The first kappa shape index (κ1) is 32.7. The number of nitrogens with zero attached hydrogens (tertiary/aromatic N) is 1. The third kappa shape index (κ3) is 15.7. The van der Waals surface area contributed by atoms with E-state index in [9.17, 15) is 20.1 Å². The molecule has 0 saturated carbocycles. The van der Waals surface area contributed by atoms with Gasteiger partial charge in [-0.25, -0.2) is 0 Å². The average Bonchev–Trinajstić information content (AvgIpc) is 2.91. The minimum absolute atomic E-state index is 0.0802. The van der Waals surface area contributed by atoms with Crippen molar-refractivity contribution in [3.63, 3.8) is 0 Å². The molecule has 0 aromatic heterocycles. The van der Waals surface area contributed by atoms with Gasteiger partial charge >= 0.3 is 0 Å². The predicted molar refractivity (Wildman–Crippen MR) is 155 cm³/mol. The zero-order chi connectivity index (χ0) is 28.0. The van der Waals surface area contributed by atoms with Crippen LogP contribution in [0.2, 0.25) is 0 Å². The van der Waals surface area contributed by atoms with Crippen molar-refractivity contribution in [2.45, 2.75) is 84.1 Å². The van der Waals surface area contributed by atoms with E-state index >= 15 is 0 Å². The monoisotopic (exact) mass is 526 g/mol. The highest BCUT2D eigenvalue weighted by atomic mass is 16.3. The van der Waals surface area contributed by atoms with Gasteiger partial charge in [0.1, 0.15) is 0 Å². The molecule has 210 valence electrons. The normalized spacial score (nSPS) is 10.8. The second kappa shape index (κ2) is 20.7. The molecule has 0 unspecified atom stereocenters. The fourth-order valence-electron chi connectivity index (χ4n) is 3.69. The Morgan fingerprint density at radius 1 is 0.816 bits per heavy atom. The lowest BCUT2D eigenvalue weighted by atomic mass is 10.1. The molecule has 0 fully saturated rings. The average molecular weight is 527 g/mol. The quantitative estimate of drug-likeness (QED) is 0.0632. The zero-order valence-corrected chi connectivity index (χ0v) is 22.9. The topological polar surface area (TPSA) is 122 Å². The number of hydrogen-bond acceptors (Lipinski definition) is 7. The van der Waals surface area contributed by atoms with Gasteiger partial charge in [0.2, 0.25) is 0 Å². The van der Waals surface area contributed by atoms with Crippen LogP contribution in [0.1, 0.15) is 88.7 Å². The maximum Gasteiger partial charge on any atom is 0.158 e. The van der Waals surface area contributed by atoms with Gasteiger partial charge in [-0.05, 0) is 73.3 Å². The molecule has 0 aliphatic rings. The van der Waals surface area contributed by atoms with Crippen LogP contribution in [0.25, 0.3) is 0 Å². The second-order valence-corrected chi connectivity index (χ2v) is 9.39. The highest BCUT2D eigenvalue weighted by molar-refractivity contribution is 5.88. The van der Waals surface area contributed by atoms with Crippen LogP contribution in [0.3, 0.4) is 0 Å². The van der Waals surface area contributed by atoms with Gasteiger partial charge in [0.05, 0.1) is 0 Å². The number of phenols is 4. The van der Waals surface area contributed by atoms with Crippen molar-refractivity contribution in [2.24, 2.45) is 4.99 Å². The molecule has 2 aromatic carbocycles. The number of phenolic OH excluding ortho intramolecular Hbond substituents is 4. The van der Waals surface area contributed by atoms with E-state index in [4.69, 9.17) is 5.11 Å². The van der Waals surface area contributed by atoms with Crippen LogP contribution in [-0.2, 0) is 11.3 Å². The SMILES string of the molecule is C=CC(=O)CCCCCCCNCc1ccc(O)c(O)c1.CCCCCCCN=Cc1ccc(O)c(O)c1. The zero-order valence-electron chi connectivity index (χ0n) is 22.9. The van der Waals surface area contributed by atoms with Gasteiger partial charge in [0.15, 0.2) is 28.8 Å². The Kier molecular flexibility index (Phi) is 17.8. The maximum atomic E-state index is 11.0. The van der Waals surface area contributed by atoms with E-state index in [1.165, 1.54) is 50.0 Å². The minimum Gasteiger partial charge on any atom is -0.504 e. The maximum absolute atomic E-state index is 11.0. The van der Waals surface area contributed by atoms with Gasteiger partial charge in [-0.3, -0.25) is 9.79 Å². The van der Waals surface area contributed by atoms with Gasteiger partial charge in [-0.15, -0.1) is 0 Å². The molecule has 0 radical (unpaired) electrons. The lowest BCUT2D eigenvalue weighted by molar-refractivity contribution is -0.114. The van der Waals surface area contributed by atoms with Crippen molar-refractivity contribution >= 4 is 12.0 Å². The van der Waals surface area contributed by atoms with E-state index in [2.05, 4.69) is 23.8 Å². The molecule has 5 N–H and O–H groups in total. The van der Waals surface area contributed by atoms with E-state index in [0.29, 0.717) is 13.0 Å². The van der Waals surface area contributed by atoms with Crippen LogP contribution >= 0.6 is 0 Å². The first-order valence-electron chi connectivity index (χ1n) is 13.8. The summed E-state index contributed by atoms with van der Waals surface area (Å²) < 4.78 is 0. The Balaban J connectivity index is 0.000000389. The van der Waals surface area contributed by atoms with Crippen LogP contribution in [0.5, 0.6) is 23.0 Å². The number of rotatable bonds is 18. The Hall–Kier alpha value is -3.32. The number of aromatic hydroxyl groups is 4. The molecule has 7 heteroatoms. The van der Waals surface area contributed by atoms with Crippen LogP contribution in [0.4, 0.5) is 0 Å². The summed E-state index contributed by atoms with van der Waals surface area (Å²) in [5.74, 6) is -0.232.